The fourth-order valence-electron chi connectivity index (χ4n) is 2.55. The van der Waals surface area contributed by atoms with Gasteiger partial charge in [0.2, 0.25) is 0 Å². The Morgan fingerprint density at radius 1 is 1.35 bits per heavy atom. The minimum atomic E-state index is -3.11. The number of aryl methyl sites for hydroxylation is 1. The summed E-state index contributed by atoms with van der Waals surface area (Å²) in [6.07, 6.45) is 3.53. The highest BCUT2D eigenvalue weighted by Crippen LogP contribution is 2.31. The van der Waals surface area contributed by atoms with E-state index in [1.807, 2.05) is 19.1 Å². The minimum absolute atomic E-state index is 0.000787. The molecule has 0 radical (unpaired) electrons. The molecule has 0 saturated carbocycles. The summed E-state index contributed by atoms with van der Waals surface area (Å²) >= 11 is 0. The summed E-state index contributed by atoms with van der Waals surface area (Å²) in [5, 5.41) is 3.49. The molecule has 0 aromatic heterocycles. The lowest BCUT2D eigenvalue weighted by atomic mass is 9.90. The molecule has 1 aliphatic rings. The van der Waals surface area contributed by atoms with E-state index in [-0.39, 0.29) is 5.54 Å². The van der Waals surface area contributed by atoms with Crippen LogP contribution in [0.2, 0.25) is 0 Å². The van der Waals surface area contributed by atoms with Gasteiger partial charge in [0, 0.05) is 11.8 Å². The molecular weight excluding hydrogens is 234 g/mol. The van der Waals surface area contributed by atoms with Crippen LogP contribution in [-0.2, 0) is 15.4 Å². The van der Waals surface area contributed by atoms with E-state index in [2.05, 4.69) is 12.2 Å². The summed E-state index contributed by atoms with van der Waals surface area (Å²) in [6.45, 7) is 5.07. The number of hydrogen-bond acceptors (Lipinski definition) is 3. The van der Waals surface area contributed by atoms with Gasteiger partial charge in [-0.2, -0.15) is 0 Å². The van der Waals surface area contributed by atoms with Crippen LogP contribution in [0.5, 0.6) is 0 Å². The van der Waals surface area contributed by atoms with Crippen LogP contribution in [0.3, 0.4) is 0 Å². The lowest BCUT2D eigenvalue weighted by Gasteiger charge is -2.25. The van der Waals surface area contributed by atoms with Crippen molar-refractivity contribution in [3.8, 4) is 0 Å². The fourth-order valence-corrected chi connectivity index (χ4v) is 3.51. The van der Waals surface area contributed by atoms with Crippen LogP contribution in [0.15, 0.2) is 23.1 Å². The quantitative estimate of drug-likeness (QED) is 0.877. The van der Waals surface area contributed by atoms with Gasteiger partial charge in [-0.05, 0) is 50.4 Å². The smallest absolute Gasteiger partial charge is 0.175 e. The largest absolute Gasteiger partial charge is 0.308 e. The summed E-state index contributed by atoms with van der Waals surface area (Å²) in [7, 11) is -3.11. The third-order valence-electron chi connectivity index (χ3n) is 3.58. The highest BCUT2D eigenvalue weighted by atomic mass is 32.2. The predicted octanol–water partition coefficient (Wildman–Crippen LogP) is 2.00. The van der Waals surface area contributed by atoms with Crippen molar-refractivity contribution in [1.82, 2.24) is 5.32 Å². The molecule has 1 aromatic rings. The standard InChI is InChI=1S/C13H19NO2S/c1-10-9-11(13(2)7-4-8-14-13)5-6-12(10)17(3,15)16/h5-6,9,14H,4,7-8H2,1-3H3. The van der Waals surface area contributed by atoms with Gasteiger partial charge in [0.15, 0.2) is 9.84 Å². The first-order valence-electron chi connectivity index (χ1n) is 5.89. The van der Waals surface area contributed by atoms with Gasteiger partial charge in [0.05, 0.1) is 4.90 Å². The predicted molar refractivity (Wildman–Crippen MR) is 68.9 cm³/mol. The normalized spacial score (nSPS) is 25.1. The van der Waals surface area contributed by atoms with Crippen LogP contribution in [0.1, 0.15) is 30.9 Å². The molecule has 1 fully saturated rings. The molecule has 1 saturated heterocycles. The molecule has 0 aliphatic carbocycles. The Morgan fingerprint density at radius 2 is 2.06 bits per heavy atom. The number of rotatable bonds is 2. The zero-order valence-electron chi connectivity index (χ0n) is 10.6. The third-order valence-corrected chi connectivity index (χ3v) is 4.84. The van der Waals surface area contributed by atoms with E-state index >= 15 is 0 Å². The second-order valence-electron chi connectivity index (χ2n) is 5.11. The van der Waals surface area contributed by atoms with Gasteiger partial charge in [-0.15, -0.1) is 0 Å². The molecule has 0 spiro atoms. The first kappa shape index (κ1) is 12.6. The summed E-state index contributed by atoms with van der Waals surface area (Å²) in [5.74, 6) is 0. The van der Waals surface area contributed by atoms with Crippen molar-refractivity contribution in [2.24, 2.45) is 0 Å². The maximum Gasteiger partial charge on any atom is 0.175 e. The van der Waals surface area contributed by atoms with Gasteiger partial charge in [-0.1, -0.05) is 12.1 Å². The number of sulfone groups is 1. The van der Waals surface area contributed by atoms with Gasteiger partial charge in [0.1, 0.15) is 0 Å². The van der Waals surface area contributed by atoms with E-state index in [0.29, 0.717) is 4.90 Å². The Bertz CT molecular complexity index is 528. The van der Waals surface area contributed by atoms with Crippen LogP contribution >= 0.6 is 0 Å². The molecule has 17 heavy (non-hydrogen) atoms. The Kier molecular flexibility index (Phi) is 3.04. The zero-order valence-corrected chi connectivity index (χ0v) is 11.4. The molecule has 94 valence electrons. The topological polar surface area (TPSA) is 46.2 Å². The van der Waals surface area contributed by atoms with Crippen LogP contribution < -0.4 is 5.32 Å². The van der Waals surface area contributed by atoms with Crippen molar-refractivity contribution in [3.05, 3.63) is 29.3 Å². The van der Waals surface area contributed by atoms with E-state index in [1.165, 1.54) is 18.2 Å². The highest BCUT2D eigenvalue weighted by molar-refractivity contribution is 7.90. The molecular formula is C13H19NO2S. The monoisotopic (exact) mass is 253 g/mol. The van der Waals surface area contributed by atoms with Crippen molar-refractivity contribution in [2.45, 2.75) is 37.1 Å². The molecule has 1 aromatic carbocycles. The van der Waals surface area contributed by atoms with Crippen LogP contribution in [0, 0.1) is 6.92 Å². The molecule has 0 amide bonds. The lowest BCUT2D eigenvalue weighted by molar-refractivity contribution is 0.434. The van der Waals surface area contributed by atoms with Gasteiger partial charge in [-0.25, -0.2) is 8.42 Å². The molecule has 2 rings (SSSR count). The van der Waals surface area contributed by atoms with E-state index in [9.17, 15) is 8.42 Å². The zero-order chi connectivity index (χ0) is 12.7. The summed E-state index contributed by atoms with van der Waals surface area (Å²) in [6, 6.07) is 5.65. The van der Waals surface area contributed by atoms with Crippen molar-refractivity contribution in [3.63, 3.8) is 0 Å². The van der Waals surface area contributed by atoms with Crippen LogP contribution in [0.4, 0.5) is 0 Å². The molecule has 4 heteroatoms. The maximum atomic E-state index is 11.6. The fraction of sp³-hybridized carbons (Fsp3) is 0.538. The minimum Gasteiger partial charge on any atom is -0.308 e. The third kappa shape index (κ3) is 2.38. The number of nitrogens with one attached hydrogen (secondary N) is 1. The van der Waals surface area contributed by atoms with Gasteiger partial charge in [-0.3, -0.25) is 0 Å². The summed E-state index contributed by atoms with van der Waals surface area (Å²) in [5.41, 5.74) is 2.01. The van der Waals surface area contributed by atoms with Crippen molar-refractivity contribution in [1.29, 1.82) is 0 Å². The van der Waals surface area contributed by atoms with Gasteiger partial charge in [0.25, 0.3) is 0 Å². The molecule has 1 atom stereocenters. The lowest BCUT2D eigenvalue weighted by Crippen LogP contribution is -2.33. The van der Waals surface area contributed by atoms with Crippen molar-refractivity contribution in [2.75, 3.05) is 12.8 Å². The van der Waals surface area contributed by atoms with Crippen LogP contribution in [0.25, 0.3) is 0 Å². The number of benzene rings is 1. The highest BCUT2D eigenvalue weighted by Gasteiger charge is 2.30. The Hall–Kier alpha value is -0.870. The summed E-state index contributed by atoms with van der Waals surface area (Å²) in [4.78, 5) is 0.433. The van der Waals surface area contributed by atoms with Crippen LogP contribution in [-0.4, -0.2) is 21.2 Å². The number of hydrogen-bond donors (Lipinski definition) is 1. The Morgan fingerprint density at radius 3 is 2.53 bits per heavy atom. The second kappa shape index (κ2) is 4.10. The van der Waals surface area contributed by atoms with Crippen molar-refractivity contribution < 1.29 is 8.42 Å². The van der Waals surface area contributed by atoms with Crippen molar-refractivity contribution >= 4 is 9.84 Å². The van der Waals surface area contributed by atoms with E-state index in [0.717, 1.165) is 18.5 Å². The summed E-state index contributed by atoms with van der Waals surface area (Å²) < 4.78 is 23.1. The SMILES string of the molecule is Cc1cc(C2(C)CCCN2)ccc1S(C)(=O)=O. The Labute approximate surface area is 103 Å². The second-order valence-corrected chi connectivity index (χ2v) is 7.10. The average Bonchev–Trinajstić information content (AvgIpc) is 2.64. The molecule has 1 heterocycles. The molecule has 1 unspecified atom stereocenters. The maximum absolute atomic E-state index is 11.6. The van der Waals surface area contributed by atoms with Gasteiger partial charge >= 0.3 is 0 Å². The van der Waals surface area contributed by atoms with E-state index in [4.69, 9.17) is 0 Å². The molecule has 0 bridgehead atoms. The van der Waals surface area contributed by atoms with E-state index < -0.39 is 9.84 Å². The molecule has 3 nitrogen and oxygen atoms in total. The van der Waals surface area contributed by atoms with E-state index in [1.54, 1.807) is 6.07 Å². The first-order valence-corrected chi connectivity index (χ1v) is 7.78. The average molecular weight is 253 g/mol. The molecule has 1 aliphatic heterocycles. The Balaban J connectivity index is 2.44. The molecule has 1 N–H and O–H groups in total. The first-order chi connectivity index (χ1) is 7.83. The van der Waals surface area contributed by atoms with Gasteiger partial charge < -0.3 is 5.32 Å².